The van der Waals surface area contributed by atoms with Crippen LogP contribution in [0.15, 0.2) is 29.1 Å². The minimum absolute atomic E-state index is 0.779. The Labute approximate surface area is 114 Å². The molecule has 3 rings (SSSR count). The van der Waals surface area contributed by atoms with Crippen LogP contribution >= 0.6 is 15.9 Å². The minimum Gasteiger partial charge on any atom is -0.493 e. The molecule has 0 unspecified atom stereocenters. The summed E-state index contributed by atoms with van der Waals surface area (Å²) in [6.07, 6.45) is 4.52. The van der Waals surface area contributed by atoms with Crippen LogP contribution in [0, 0.1) is 0 Å². The van der Waals surface area contributed by atoms with Crippen LogP contribution in [-0.4, -0.2) is 16.6 Å². The predicted octanol–water partition coefficient (Wildman–Crippen LogP) is 2.40. The first-order valence-corrected chi connectivity index (χ1v) is 6.74. The number of aromatic nitrogens is 2. The lowest BCUT2D eigenvalue weighted by Gasteiger charge is -2.09. The molecule has 0 amide bonds. The van der Waals surface area contributed by atoms with Gasteiger partial charge in [-0.1, -0.05) is 15.9 Å². The smallest absolute Gasteiger partial charge is 0.127 e. The van der Waals surface area contributed by atoms with Crippen LogP contribution in [0.5, 0.6) is 5.75 Å². The number of ether oxygens (including phenoxy) is 1. The highest BCUT2D eigenvalue weighted by Gasteiger charge is 2.16. The molecule has 0 fully saturated rings. The van der Waals surface area contributed by atoms with Crippen LogP contribution in [0.1, 0.15) is 16.8 Å². The summed E-state index contributed by atoms with van der Waals surface area (Å²) >= 11 is 3.55. The fourth-order valence-corrected chi connectivity index (χ4v) is 2.74. The number of aromatic amines is 1. The second-order valence-corrected chi connectivity index (χ2v) is 5.25. The molecular weight excluding hydrogens is 294 g/mol. The van der Waals surface area contributed by atoms with Crippen LogP contribution in [0.25, 0.3) is 0 Å². The van der Waals surface area contributed by atoms with E-state index in [1.807, 2.05) is 6.20 Å². The molecule has 1 aromatic heterocycles. The molecule has 0 bridgehead atoms. The third-order valence-corrected chi connectivity index (χ3v) is 3.47. The van der Waals surface area contributed by atoms with E-state index in [-0.39, 0.29) is 0 Å². The molecule has 0 spiro atoms. The average molecular weight is 308 g/mol. The molecule has 18 heavy (non-hydrogen) atoms. The van der Waals surface area contributed by atoms with Gasteiger partial charge in [0, 0.05) is 41.4 Å². The van der Waals surface area contributed by atoms with E-state index in [2.05, 4.69) is 43.3 Å². The zero-order valence-electron chi connectivity index (χ0n) is 9.87. The number of benzene rings is 1. The molecule has 1 aromatic carbocycles. The lowest BCUT2D eigenvalue weighted by molar-refractivity contribution is 0.352. The van der Waals surface area contributed by atoms with Crippen molar-refractivity contribution >= 4 is 15.9 Å². The summed E-state index contributed by atoms with van der Waals surface area (Å²) < 4.78 is 6.81. The van der Waals surface area contributed by atoms with Gasteiger partial charge in [-0.2, -0.15) is 0 Å². The zero-order valence-corrected chi connectivity index (χ0v) is 11.5. The molecule has 2 aromatic rings. The first-order valence-electron chi connectivity index (χ1n) is 5.95. The number of halogens is 1. The van der Waals surface area contributed by atoms with Crippen molar-refractivity contribution in [3.05, 3.63) is 46.0 Å². The SMILES string of the molecule is Brc1cc2c(c(CNCc3cnc[nH]3)c1)OCC2. The van der Waals surface area contributed by atoms with Gasteiger partial charge in [-0.25, -0.2) is 4.98 Å². The van der Waals surface area contributed by atoms with Crippen molar-refractivity contribution in [2.24, 2.45) is 0 Å². The molecule has 0 saturated carbocycles. The molecule has 0 atom stereocenters. The topological polar surface area (TPSA) is 49.9 Å². The van der Waals surface area contributed by atoms with Crippen molar-refractivity contribution < 1.29 is 4.74 Å². The Kier molecular flexibility index (Phi) is 3.34. The fourth-order valence-electron chi connectivity index (χ4n) is 2.19. The van der Waals surface area contributed by atoms with Crippen molar-refractivity contribution in [2.75, 3.05) is 6.61 Å². The summed E-state index contributed by atoms with van der Waals surface area (Å²) in [5, 5.41) is 3.39. The quantitative estimate of drug-likeness (QED) is 0.912. The fraction of sp³-hybridized carbons (Fsp3) is 0.308. The standard InChI is InChI=1S/C13H14BrN3O/c14-11-3-9-1-2-18-13(9)10(4-11)5-15-6-12-7-16-8-17-12/h3-4,7-8,15H,1-2,5-6H2,(H,16,17). The molecule has 5 heteroatoms. The van der Waals surface area contributed by atoms with Crippen molar-refractivity contribution in [2.45, 2.75) is 19.5 Å². The van der Waals surface area contributed by atoms with E-state index in [1.165, 1.54) is 11.1 Å². The summed E-state index contributed by atoms with van der Waals surface area (Å²) in [5.41, 5.74) is 3.58. The number of H-pyrrole nitrogens is 1. The second-order valence-electron chi connectivity index (χ2n) is 4.33. The van der Waals surface area contributed by atoms with E-state index in [0.29, 0.717) is 0 Å². The number of rotatable bonds is 4. The van der Waals surface area contributed by atoms with Crippen LogP contribution in [0.3, 0.4) is 0 Å². The van der Waals surface area contributed by atoms with Crippen LogP contribution in [-0.2, 0) is 19.5 Å². The maximum Gasteiger partial charge on any atom is 0.127 e. The van der Waals surface area contributed by atoms with Crippen molar-refractivity contribution in [3.63, 3.8) is 0 Å². The van der Waals surface area contributed by atoms with Crippen LogP contribution in [0.4, 0.5) is 0 Å². The maximum atomic E-state index is 5.69. The van der Waals surface area contributed by atoms with Crippen molar-refractivity contribution in [1.29, 1.82) is 0 Å². The van der Waals surface area contributed by atoms with Gasteiger partial charge in [0.2, 0.25) is 0 Å². The van der Waals surface area contributed by atoms with E-state index < -0.39 is 0 Å². The lowest BCUT2D eigenvalue weighted by atomic mass is 10.1. The number of nitrogens with zero attached hydrogens (tertiary/aromatic N) is 1. The van der Waals surface area contributed by atoms with E-state index in [0.717, 1.165) is 42.0 Å². The van der Waals surface area contributed by atoms with Crippen molar-refractivity contribution in [1.82, 2.24) is 15.3 Å². The lowest BCUT2D eigenvalue weighted by Crippen LogP contribution is -2.13. The first kappa shape index (κ1) is 11.7. The number of fused-ring (bicyclic) bond motifs is 1. The monoisotopic (exact) mass is 307 g/mol. The molecule has 0 aliphatic carbocycles. The average Bonchev–Trinajstić information content (AvgIpc) is 2.98. The molecular formula is C13H14BrN3O. The molecule has 2 N–H and O–H groups in total. The zero-order chi connectivity index (χ0) is 12.4. The number of hydrogen-bond donors (Lipinski definition) is 2. The summed E-state index contributed by atoms with van der Waals surface area (Å²) in [6.45, 7) is 2.36. The Hall–Kier alpha value is -1.33. The highest BCUT2D eigenvalue weighted by Crippen LogP contribution is 2.32. The summed E-state index contributed by atoms with van der Waals surface area (Å²) in [5.74, 6) is 1.05. The third kappa shape index (κ3) is 2.42. The highest BCUT2D eigenvalue weighted by molar-refractivity contribution is 9.10. The largest absolute Gasteiger partial charge is 0.493 e. The van der Waals surface area contributed by atoms with Crippen LogP contribution in [0.2, 0.25) is 0 Å². The third-order valence-electron chi connectivity index (χ3n) is 3.01. The molecule has 4 nitrogen and oxygen atoms in total. The van der Waals surface area contributed by atoms with Gasteiger partial charge >= 0.3 is 0 Å². The Balaban J connectivity index is 1.69. The van der Waals surface area contributed by atoms with Gasteiger partial charge in [-0.15, -0.1) is 0 Å². The second kappa shape index (κ2) is 5.12. The van der Waals surface area contributed by atoms with Gasteiger partial charge < -0.3 is 15.0 Å². The predicted molar refractivity (Wildman–Crippen MR) is 72.5 cm³/mol. The van der Waals surface area contributed by atoms with Gasteiger partial charge in [-0.05, 0) is 17.7 Å². The summed E-state index contributed by atoms with van der Waals surface area (Å²) in [7, 11) is 0. The van der Waals surface area contributed by atoms with E-state index in [9.17, 15) is 0 Å². The Morgan fingerprint density at radius 1 is 1.39 bits per heavy atom. The summed E-state index contributed by atoms with van der Waals surface area (Å²) in [4.78, 5) is 7.07. The van der Waals surface area contributed by atoms with Gasteiger partial charge in [0.25, 0.3) is 0 Å². The Bertz CT molecular complexity index is 539. The van der Waals surface area contributed by atoms with Gasteiger partial charge in [0.05, 0.1) is 12.9 Å². The number of imidazole rings is 1. The molecule has 94 valence electrons. The van der Waals surface area contributed by atoms with E-state index >= 15 is 0 Å². The Morgan fingerprint density at radius 3 is 3.17 bits per heavy atom. The Morgan fingerprint density at radius 2 is 2.33 bits per heavy atom. The molecule has 1 aliphatic heterocycles. The molecule has 2 heterocycles. The highest BCUT2D eigenvalue weighted by atomic mass is 79.9. The molecule has 0 radical (unpaired) electrons. The minimum atomic E-state index is 0.779. The maximum absolute atomic E-state index is 5.69. The molecule has 0 saturated heterocycles. The van der Waals surface area contributed by atoms with Crippen molar-refractivity contribution in [3.8, 4) is 5.75 Å². The van der Waals surface area contributed by atoms with E-state index in [4.69, 9.17) is 4.74 Å². The first-order chi connectivity index (χ1) is 8.83. The molecule has 1 aliphatic rings. The summed E-state index contributed by atoms with van der Waals surface area (Å²) in [6, 6.07) is 4.25. The van der Waals surface area contributed by atoms with Gasteiger partial charge in [0.1, 0.15) is 5.75 Å². The van der Waals surface area contributed by atoms with Crippen LogP contribution < -0.4 is 10.1 Å². The van der Waals surface area contributed by atoms with Gasteiger partial charge in [-0.3, -0.25) is 0 Å². The van der Waals surface area contributed by atoms with E-state index in [1.54, 1.807) is 6.33 Å². The number of hydrogen-bond acceptors (Lipinski definition) is 3. The number of nitrogens with one attached hydrogen (secondary N) is 2. The van der Waals surface area contributed by atoms with Gasteiger partial charge in [0.15, 0.2) is 0 Å². The normalized spacial score (nSPS) is 13.4.